The molecule has 1 amide bonds. The monoisotopic (exact) mass is 358 g/mol. The number of nitrogens with one attached hydrogen (secondary N) is 1. The molecule has 0 spiro atoms. The van der Waals surface area contributed by atoms with E-state index >= 15 is 0 Å². The molecular formula is C14H19IN2O. The molecular weight excluding hydrogens is 339 g/mol. The first-order valence-electron chi connectivity index (χ1n) is 6.44. The Morgan fingerprint density at radius 3 is 2.56 bits per heavy atom. The lowest BCUT2D eigenvalue weighted by atomic mass is 10.2. The highest BCUT2D eigenvalue weighted by molar-refractivity contribution is 14.1. The zero-order valence-electron chi connectivity index (χ0n) is 10.7. The van der Waals surface area contributed by atoms with Crippen LogP contribution in [0.1, 0.15) is 30.1 Å². The smallest absolute Gasteiger partial charge is 0.251 e. The van der Waals surface area contributed by atoms with E-state index in [0.717, 1.165) is 15.7 Å². The molecule has 1 aromatic rings. The Kier molecular flexibility index (Phi) is 5.00. The van der Waals surface area contributed by atoms with Gasteiger partial charge in [-0.25, -0.2) is 0 Å². The van der Waals surface area contributed by atoms with Crippen LogP contribution in [-0.2, 0) is 0 Å². The van der Waals surface area contributed by atoms with Crippen molar-refractivity contribution in [1.29, 1.82) is 0 Å². The normalized spacial score (nSPS) is 17.7. The molecule has 1 aliphatic heterocycles. The van der Waals surface area contributed by atoms with Gasteiger partial charge in [0.1, 0.15) is 0 Å². The van der Waals surface area contributed by atoms with E-state index < -0.39 is 0 Å². The molecule has 1 unspecified atom stereocenters. The summed E-state index contributed by atoms with van der Waals surface area (Å²) >= 11 is 2.24. The van der Waals surface area contributed by atoms with Gasteiger partial charge in [0, 0.05) is 21.7 Å². The van der Waals surface area contributed by atoms with Gasteiger partial charge in [-0.1, -0.05) is 0 Å². The van der Waals surface area contributed by atoms with Gasteiger partial charge in [0.15, 0.2) is 0 Å². The Morgan fingerprint density at radius 2 is 1.94 bits per heavy atom. The van der Waals surface area contributed by atoms with Crippen molar-refractivity contribution in [3.05, 3.63) is 33.4 Å². The standard InChI is InChI=1S/C14H19IN2O/c1-11(10-17-8-2-3-9-17)16-14(18)12-4-6-13(15)7-5-12/h4-7,11H,2-3,8-10H2,1H3,(H,16,18). The number of halogens is 1. The summed E-state index contributed by atoms with van der Waals surface area (Å²) in [5.74, 6) is 0.0260. The van der Waals surface area contributed by atoms with Crippen LogP contribution >= 0.6 is 22.6 Å². The van der Waals surface area contributed by atoms with Gasteiger partial charge in [0.2, 0.25) is 0 Å². The van der Waals surface area contributed by atoms with Gasteiger partial charge in [-0.2, -0.15) is 0 Å². The zero-order valence-corrected chi connectivity index (χ0v) is 12.8. The largest absolute Gasteiger partial charge is 0.348 e. The zero-order chi connectivity index (χ0) is 13.0. The molecule has 0 aliphatic carbocycles. The van der Waals surface area contributed by atoms with E-state index in [0.29, 0.717) is 0 Å². The lowest BCUT2D eigenvalue weighted by molar-refractivity contribution is 0.0932. The van der Waals surface area contributed by atoms with E-state index in [1.807, 2.05) is 24.3 Å². The molecule has 0 saturated carbocycles. The number of hydrogen-bond acceptors (Lipinski definition) is 2. The predicted molar refractivity (Wildman–Crippen MR) is 81.8 cm³/mol. The SMILES string of the molecule is CC(CN1CCCC1)NC(=O)c1ccc(I)cc1. The van der Waals surface area contributed by atoms with Crippen molar-refractivity contribution < 1.29 is 4.79 Å². The lowest BCUT2D eigenvalue weighted by Gasteiger charge is -2.21. The van der Waals surface area contributed by atoms with Gasteiger partial charge in [0.05, 0.1) is 0 Å². The number of carbonyl (C=O) groups is 1. The Bertz CT molecular complexity index is 399. The molecule has 1 atom stereocenters. The second kappa shape index (κ2) is 6.52. The first-order valence-corrected chi connectivity index (χ1v) is 7.52. The summed E-state index contributed by atoms with van der Waals surface area (Å²) in [4.78, 5) is 14.4. The second-order valence-corrected chi connectivity index (χ2v) is 6.13. The molecule has 3 nitrogen and oxygen atoms in total. The fourth-order valence-corrected chi connectivity index (χ4v) is 2.67. The number of benzene rings is 1. The molecule has 98 valence electrons. The van der Waals surface area contributed by atoms with Crippen LogP contribution in [0.25, 0.3) is 0 Å². The van der Waals surface area contributed by atoms with Gasteiger partial charge in [0.25, 0.3) is 5.91 Å². The highest BCUT2D eigenvalue weighted by atomic mass is 127. The summed E-state index contributed by atoms with van der Waals surface area (Å²) in [6.07, 6.45) is 2.58. The molecule has 1 heterocycles. The first-order chi connectivity index (χ1) is 8.65. The van der Waals surface area contributed by atoms with E-state index in [4.69, 9.17) is 0 Å². The number of rotatable bonds is 4. The Balaban J connectivity index is 1.84. The maximum atomic E-state index is 12.0. The Labute approximate surface area is 122 Å². The average molecular weight is 358 g/mol. The van der Waals surface area contributed by atoms with Crippen molar-refractivity contribution in [1.82, 2.24) is 10.2 Å². The van der Waals surface area contributed by atoms with Gasteiger partial charge in [-0.3, -0.25) is 4.79 Å². The van der Waals surface area contributed by atoms with Crippen LogP contribution in [0.3, 0.4) is 0 Å². The molecule has 18 heavy (non-hydrogen) atoms. The van der Waals surface area contributed by atoms with Crippen molar-refractivity contribution in [2.45, 2.75) is 25.8 Å². The van der Waals surface area contributed by atoms with E-state index in [9.17, 15) is 4.79 Å². The third-order valence-corrected chi connectivity index (χ3v) is 3.93. The van der Waals surface area contributed by atoms with Crippen molar-refractivity contribution in [3.63, 3.8) is 0 Å². The summed E-state index contributed by atoms with van der Waals surface area (Å²) in [5.41, 5.74) is 0.740. The number of nitrogens with zero attached hydrogens (tertiary/aromatic N) is 1. The molecule has 4 heteroatoms. The topological polar surface area (TPSA) is 32.3 Å². The minimum absolute atomic E-state index is 0.0260. The highest BCUT2D eigenvalue weighted by Crippen LogP contribution is 2.09. The molecule has 1 aromatic carbocycles. The third kappa shape index (κ3) is 3.95. The lowest BCUT2D eigenvalue weighted by Crippen LogP contribution is -2.41. The average Bonchev–Trinajstić information content (AvgIpc) is 2.82. The van der Waals surface area contributed by atoms with Gasteiger partial charge in [-0.05, 0) is 79.7 Å². The summed E-state index contributed by atoms with van der Waals surface area (Å²) < 4.78 is 1.15. The fourth-order valence-electron chi connectivity index (χ4n) is 2.31. The minimum atomic E-state index is 0.0260. The Hall–Kier alpha value is -0.620. The number of hydrogen-bond donors (Lipinski definition) is 1. The third-order valence-electron chi connectivity index (χ3n) is 3.21. The van der Waals surface area contributed by atoms with Gasteiger partial charge >= 0.3 is 0 Å². The van der Waals surface area contributed by atoms with E-state index in [1.54, 1.807) is 0 Å². The fraction of sp³-hybridized carbons (Fsp3) is 0.500. The number of likely N-dealkylation sites (tertiary alicyclic amines) is 1. The number of carbonyl (C=O) groups excluding carboxylic acids is 1. The van der Waals surface area contributed by atoms with E-state index in [-0.39, 0.29) is 11.9 Å². The second-order valence-electron chi connectivity index (χ2n) is 4.89. The van der Waals surface area contributed by atoms with Crippen molar-refractivity contribution in [2.75, 3.05) is 19.6 Å². The quantitative estimate of drug-likeness (QED) is 0.839. The molecule has 2 rings (SSSR count). The van der Waals surface area contributed by atoms with Crippen LogP contribution in [0.4, 0.5) is 0 Å². The molecule has 0 bridgehead atoms. The predicted octanol–water partition coefficient (Wildman–Crippen LogP) is 2.51. The molecule has 0 aromatic heterocycles. The minimum Gasteiger partial charge on any atom is -0.348 e. The van der Waals surface area contributed by atoms with Crippen LogP contribution in [-0.4, -0.2) is 36.5 Å². The van der Waals surface area contributed by atoms with Crippen LogP contribution < -0.4 is 5.32 Å². The molecule has 1 N–H and O–H groups in total. The Morgan fingerprint density at radius 1 is 1.33 bits per heavy atom. The van der Waals surface area contributed by atoms with Gasteiger partial charge < -0.3 is 10.2 Å². The van der Waals surface area contributed by atoms with Crippen molar-refractivity contribution in [3.8, 4) is 0 Å². The van der Waals surface area contributed by atoms with Crippen LogP contribution in [0.5, 0.6) is 0 Å². The van der Waals surface area contributed by atoms with Gasteiger partial charge in [-0.15, -0.1) is 0 Å². The van der Waals surface area contributed by atoms with Crippen LogP contribution in [0, 0.1) is 3.57 Å². The molecule has 1 aliphatic rings. The summed E-state index contributed by atoms with van der Waals surface area (Å²) in [7, 11) is 0. The van der Waals surface area contributed by atoms with Crippen LogP contribution in [0.15, 0.2) is 24.3 Å². The summed E-state index contributed by atoms with van der Waals surface area (Å²) in [6, 6.07) is 7.87. The van der Waals surface area contributed by atoms with Crippen LogP contribution in [0.2, 0.25) is 0 Å². The maximum Gasteiger partial charge on any atom is 0.251 e. The first kappa shape index (κ1) is 13.8. The highest BCUT2D eigenvalue weighted by Gasteiger charge is 2.16. The summed E-state index contributed by atoms with van der Waals surface area (Å²) in [5, 5.41) is 3.06. The molecule has 1 saturated heterocycles. The van der Waals surface area contributed by atoms with Crippen molar-refractivity contribution >= 4 is 28.5 Å². The summed E-state index contributed by atoms with van der Waals surface area (Å²) in [6.45, 7) is 5.37. The van der Waals surface area contributed by atoms with Crippen molar-refractivity contribution in [2.24, 2.45) is 0 Å². The molecule has 0 radical (unpaired) electrons. The van der Waals surface area contributed by atoms with E-state index in [1.165, 1.54) is 25.9 Å². The number of amides is 1. The maximum absolute atomic E-state index is 12.0. The van der Waals surface area contributed by atoms with E-state index in [2.05, 4.69) is 39.7 Å². The molecule has 1 fully saturated rings.